The number of hydrogen-bond donors (Lipinski definition) is 2. The van der Waals surface area contributed by atoms with Crippen molar-refractivity contribution in [3.63, 3.8) is 0 Å². The first-order valence-electron chi connectivity index (χ1n) is 4.40. The first kappa shape index (κ1) is 12.2. The van der Waals surface area contributed by atoms with Gasteiger partial charge in [0.1, 0.15) is 7.85 Å². The van der Waals surface area contributed by atoms with E-state index in [-0.39, 0.29) is 18.1 Å². The summed E-state index contributed by atoms with van der Waals surface area (Å²) in [6.45, 7) is 1.62. The maximum absolute atomic E-state index is 11.1. The van der Waals surface area contributed by atoms with Gasteiger partial charge in [-0.15, -0.1) is 0 Å². The molecule has 5 nitrogen and oxygen atoms in total. The van der Waals surface area contributed by atoms with E-state index in [1.807, 2.05) is 0 Å². The van der Waals surface area contributed by atoms with Gasteiger partial charge < -0.3 is 14.4 Å². The molecule has 0 bridgehead atoms. The van der Waals surface area contributed by atoms with Crippen LogP contribution < -0.4 is 5.09 Å². The van der Waals surface area contributed by atoms with E-state index in [4.69, 9.17) is 22.2 Å². The fraction of sp³-hybridized carbons (Fsp3) is 1.00. The Morgan fingerprint density at radius 1 is 1.79 bits per heavy atom. The van der Waals surface area contributed by atoms with Crippen LogP contribution in [-0.4, -0.2) is 51.3 Å². The second-order valence-corrected chi connectivity index (χ2v) is 5.54. The maximum atomic E-state index is 11.1. The van der Waals surface area contributed by atoms with E-state index in [2.05, 4.69) is 5.09 Å². The lowest BCUT2D eigenvalue weighted by Crippen LogP contribution is -2.36. The Labute approximate surface area is 85.1 Å². The Morgan fingerprint density at radius 2 is 2.43 bits per heavy atom. The molecule has 7 heteroatoms. The van der Waals surface area contributed by atoms with Gasteiger partial charge in [-0.2, -0.15) is 0 Å². The third kappa shape index (κ3) is 3.71. The van der Waals surface area contributed by atoms with Crippen molar-refractivity contribution in [2.75, 3.05) is 20.4 Å². The van der Waals surface area contributed by atoms with E-state index >= 15 is 0 Å². The van der Waals surface area contributed by atoms with Crippen LogP contribution >= 0.6 is 7.52 Å². The average molecular weight is 219 g/mol. The van der Waals surface area contributed by atoms with Gasteiger partial charge >= 0.3 is 0 Å². The lowest BCUT2D eigenvalue weighted by molar-refractivity contribution is 0.0181. The molecule has 14 heavy (non-hydrogen) atoms. The zero-order chi connectivity index (χ0) is 10.8. The van der Waals surface area contributed by atoms with Crippen LogP contribution in [0.15, 0.2) is 0 Å². The van der Waals surface area contributed by atoms with Gasteiger partial charge in [-0.1, -0.05) is 0 Å². The van der Waals surface area contributed by atoms with Gasteiger partial charge in [0.25, 0.3) is 7.52 Å². The van der Waals surface area contributed by atoms with E-state index in [0.29, 0.717) is 13.0 Å². The van der Waals surface area contributed by atoms with Crippen LogP contribution in [0.25, 0.3) is 0 Å². The quantitative estimate of drug-likeness (QED) is 0.501. The maximum Gasteiger partial charge on any atom is 0.264 e. The molecule has 1 saturated heterocycles. The van der Waals surface area contributed by atoms with Gasteiger partial charge in [0, 0.05) is 25.8 Å². The molecule has 0 amide bonds. The second kappa shape index (κ2) is 4.77. The van der Waals surface area contributed by atoms with Gasteiger partial charge in [0.15, 0.2) is 0 Å². The Bertz CT molecular complexity index is 234. The third-order valence-electron chi connectivity index (χ3n) is 2.02. The van der Waals surface area contributed by atoms with Crippen LogP contribution in [0.2, 0.25) is 0 Å². The predicted octanol–water partition coefficient (Wildman–Crippen LogP) is -0.310. The summed E-state index contributed by atoms with van der Waals surface area (Å²) in [5.41, 5.74) is 0. The zero-order valence-electron chi connectivity index (χ0n) is 8.34. The largest absolute Gasteiger partial charge is 0.382 e. The molecule has 0 aliphatic carbocycles. The van der Waals surface area contributed by atoms with Crippen molar-refractivity contribution in [1.82, 2.24) is 5.09 Å². The van der Waals surface area contributed by atoms with Crippen LogP contribution in [0, 0.1) is 0 Å². The summed E-state index contributed by atoms with van der Waals surface area (Å²) >= 11 is 0. The summed E-state index contributed by atoms with van der Waals surface area (Å²) in [5.74, 6) is 0. The van der Waals surface area contributed by atoms with Crippen molar-refractivity contribution in [2.45, 2.75) is 24.6 Å². The van der Waals surface area contributed by atoms with Crippen LogP contribution in [0.1, 0.15) is 6.42 Å². The molecule has 0 aromatic rings. The number of ether oxygens (including phenoxy) is 2. The minimum Gasteiger partial charge on any atom is -0.382 e. The fourth-order valence-corrected chi connectivity index (χ4v) is 2.43. The van der Waals surface area contributed by atoms with Crippen molar-refractivity contribution in [2.24, 2.45) is 0 Å². The van der Waals surface area contributed by atoms with Crippen LogP contribution in [-0.2, 0) is 14.0 Å². The molecule has 0 saturated carbocycles. The smallest absolute Gasteiger partial charge is 0.264 e. The molecule has 1 fully saturated rings. The summed E-state index contributed by atoms with van der Waals surface area (Å²) < 4.78 is 21.4. The zero-order valence-corrected chi connectivity index (χ0v) is 9.24. The van der Waals surface area contributed by atoms with Crippen molar-refractivity contribution in [1.29, 1.82) is 0 Å². The average Bonchev–Trinajstić information content (AvgIpc) is 2.28. The number of methoxy groups -OCH3 is 1. The van der Waals surface area contributed by atoms with E-state index in [0.717, 1.165) is 0 Å². The highest BCUT2D eigenvalue weighted by Crippen LogP contribution is 2.33. The van der Waals surface area contributed by atoms with Gasteiger partial charge in [-0.3, -0.25) is 4.57 Å². The summed E-state index contributed by atoms with van der Waals surface area (Å²) in [7, 11) is 3.88. The number of hydrogen-bond acceptors (Lipinski definition) is 3. The van der Waals surface area contributed by atoms with E-state index in [1.54, 1.807) is 7.11 Å². The Morgan fingerprint density at radius 3 is 2.93 bits per heavy atom. The lowest BCUT2D eigenvalue weighted by Gasteiger charge is -2.20. The van der Waals surface area contributed by atoms with Crippen molar-refractivity contribution < 1.29 is 18.9 Å². The predicted molar refractivity (Wildman–Crippen MR) is 53.6 cm³/mol. The topological polar surface area (TPSA) is 67.8 Å². The van der Waals surface area contributed by atoms with Crippen LogP contribution in [0.4, 0.5) is 0 Å². The molecule has 80 valence electrons. The molecular formula is C7H15BNO4P. The summed E-state index contributed by atoms with van der Waals surface area (Å²) in [6.07, 6.45) is 0.266. The van der Waals surface area contributed by atoms with E-state index in [9.17, 15) is 4.57 Å². The van der Waals surface area contributed by atoms with Crippen molar-refractivity contribution in [3.8, 4) is 0 Å². The molecule has 1 aliphatic heterocycles. The minimum absolute atomic E-state index is 0.217. The Balaban J connectivity index is 2.53. The highest BCUT2D eigenvalue weighted by molar-refractivity contribution is 7.55. The SMILES string of the molecule is [B][C@H]1C[C@H](NP(C)(=O)O)[C@@H](COC)O1. The Kier molecular flexibility index (Phi) is 4.16. The van der Waals surface area contributed by atoms with Gasteiger partial charge in [-0.25, -0.2) is 5.09 Å². The fourth-order valence-electron chi connectivity index (χ4n) is 1.54. The molecule has 1 aliphatic rings. The standard InChI is InChI=1S/C7H15BNO4P/c1-12-4-6-5(3-7(8)13-6)9-14(2,10)11/h5-7H,3-4H2,1-2H3,(H2,9,10,11)/t5-,6+,7+/m0/s1. The second-order valence-electron chi connectivity index (χ2n) is 3.52. The molecule has 2 N–H and O–H groups in total. The Hall–Kier alpha value is 0.135. The van der Waals surface area contributed by atoms with E-state index in [1.165, 1.54) is 6.66 Å². The van der Waals surface area contributed by atoms with Gasteiger partial charge in [0.2, 0.25) is 0 Å². The molecule has 1 unspecified atom stereocenters. The summed E-state index contributed by atoms with van der Waals surface area (Å²) in [5, 5.41) is 2.61. The van der Waals surface area contributed by atoms with Crippen molar-refractivity contribution in [3.05, 3.63) is 0 Å². The molecule has 0 aromatic carbocycles. The number of rotatable bonds is 4. The number of nitrogens with one attached hydrogen (secondary N) is 1. The minimum atomic E-state index is -3.24. The van der Waals surface area contributed by atoms with Crippen LogP contribution in [0.5, 0.6) is 0 Å². The van der Waals surface area contributed by atoms with Gasteiger partial charge in [0.05, 0.1) is 12.7 Å². The van der Waals surface area contributed by atoms with E-state index < -0.39 is 7.52 Å². The highest BCUT2D eigenvalue weighted by atomic mass is 31.2. The lowest BCUT2D eigenvalue weighted by atomic mass is 9.95. The first-order valence-corrected chi connectivity index (χ1v) is 6.51. The normalized spacial score (nSPS) is 36.9. The third-order valence-corrected chi connectivity index (χ3v) is 2.83. The molecule has 2 radical (unpaired) electrons. The molecule has 0 aromatic heterocycles. The monoisotopic (exact) mass is 219 g/mol. The molecule has 1 heterocycles. The summed E-state index contributed by atoms with van der Waals surface area (Å²) in [6, 6.07) is -0.606. The molecular weight excluding hydrogens is 204 g/mol. The molecule has 1 rings (SSSR count). The molecule has 0 spiro atoms. The first-order chi connectivity index (χ1) is 6.42. The highest BCUT2D eigenvalue weighted by Gasteiger charge is 2.34. The van der Waals surface area contributed by atoms with Gasteiger partial charge in [-0.05, 0) is 6.42 Å². The van der Waals surface area contributed by atoms with Crippen molar-refractivity contribution >= 4 is 15.4 Å². The molecule has 4 atom stereocenters. The summed E-state index contributed by atoms with van der Waals surface area (Å²) in [4.78, 5) is 9.16. The van der Waals surface area contributed by atoms with Crippen LogP contribution in [0.3, 0.4) is 0 Å².